The van der Waals surface area contributed by atoms with E-state index in [1.54, 1.807) is 0 Å². The number of carbonyl (C=O) groups excluding carboxylic acids is 1. The van der Waals surface area contributed by atoms with Crippen LogP contribution in [0.1, 0.15) is 46.0 Å². The molecule has 1 N–H and O–H groups in total. The van der Waals surface area contributed by atoms with E-state index in [0.717, 1.165) is 29.7 Å². The molecule has 0 aromatic rings. The van der Waals surface area contributed by atoms with Gasteiger partial charge in [-0.15, -0.1) is 0 Å². The fourth-order valence-electron chi connectivity index (χ4n) is 2.95. The van der Waals surface area contributed by atoms with Gasteiger partial charge in [-0.25, -0.2) is 0 Å². The topological polar surface area (TPSA) is 29.1 Å². The highest BCUT2D eigenvalue weighted by Gasteiger charge is 2.45. The summed E-state index contributed by atoms with van der Waals surface area (Å²) in [7, 11) is 0. The predicted octanol–water partition coefficient (Wildman–Crippen LogP) is 2.67. The third kappa shape index (κ3) is 1.94. The maximum atomic E-state index is 11.3. The van der Waals surface area contributed by atoms with E-state index >= 15 is 0 Å². The molecule has 15 heavy (non-hydrogen) atoms. The Morgan fingerprint density at radius 3 is 2.40 bits per heavy atom. The highest BCUT2D eigenvalue weighted by molar-refractivity contribution is 7.80. The maximum Gasteiger partial charge on any atom is 0.225 e. The number of nitrogens with one attached hydrogen (secondary N) is 1. The number of hydrogen-bond acceptors (Lipinski definition) is 2. The minimum Gasteiger partial charge on any atom is -0.320 e. The summed E-state index contributed by atoms with van der Waals surface area (Å²) in [5.41, 5.74) is 0.0395. The lowest BCUT2D eigenvalue weighted by Gasteiger charge is -2.37. The third-order valence-electron chi connectivity index (χ3n) is 4.16. The zero-order valence-corrected chi connectivity index (χ0v) is 10.3. The monoisotopic (exact) mass is 225 g/mol. The molecule has 2 aliphatic rings. The smallest absolute Gasteiger partial charge is 0.225 e. The highest BCUT2D eigenvalue weighted by atomic mass is 32.1. The van der Waals surface area contributed by atoms with Crippen LogP contribution in [-0.4, -0.2) is 10.9 Å². The lowest BCUT2D eigenvalue weighted by Crippen LogP contribution is -2.34. The van der Waals surface area contributed by atoms with Crippen LogP contribution in [-0.2, 0) is 4.79 Å². The van der Waals surface area contributed by atoms with Gasteiger partial charge in [0.05, 0.1) is 4.99 Å². The van der Waals surface area contributed by atoms with Crippen LogP contribution in [0.5, 0.6) is 0 Å². The Hall–Kier alpha value is -0.440. The molecule has 0 radical (unpaired) electrons. The molecule has 0 aromatic carbocycles. The zero-order valence-electron chi connectivity index (χ0n) is 9.51. The van der Waals surface area contributed by atoms with Crippen molar-refractivity contribution in [1.29, 1.82) is 0 Å². The van der Waals surface area contributed by atoms with E-state index in [-0.39, 0.29) is 11.3 Å². The van der Waals surface area contributed by atoms with E-state index < -0.39 is 0 Å². The molecular weight excluding hydrogens is 206 g/mol. The first kappa shape index (κ1) is 11.1. The lowest BCUT2D eigenvalue weighted by atomic mass is 9.67. The highest BCUT2D eigenvalue weighted by Crippen LogP contribution is 2.46. The van der Waals surface area contributed by atoms with Crippen molar-refractivity contribution >= 4 is 23.1 Å². The Bertz CT molecular complexity index is 290. The van der Waals surface area contributed by atoms with E-state index in [4.69, 9.17) is 12.2 Å². The largest absolute Gasteiger partial charge is 0.320 e. The maximum absolute atomic E-state index is 11.3. The SMILES string of the molecule is CC(C)C1CCC2(CC1)CC(=O)NC2=S. The molecule has 2 fully saturated rings. The number of amides is 1. The Morgan fingerprint density at radius 2 is 2.00 bits per heavy atom. The zero-order chi connectivity index (χ0) is 11.1. The summed E-state index contributed by atoms with van der Waals surface area (Å²) in [4.78, 5) is 12.2. The average molecular weight is 225 g/mol. The fourth-order valence-corrected chi connectivity index (χ4v) is 3.34. The Balaban J connectivity index is 2.03. The van der Waals surface area contributed by atoms with Crippen LogP contribution in [0, 0.1) is 17.3 Å². The van der Waals surface area contributed by atoms with Crippen molar-refractivity contribution in [2.24, 2.45) is 17.3 Å². The molecule has 1 aliphatic carbocycles. The molecule has 1 saturated carbocycles. The van der Waals surface area contributed by atoms with Crippen molar-refractivity contribution < 1.29 is 4.79 Å². The quantitative estimate of drug-likeness (QED) is 0.695. The summed E-state index contributed by atoms with van der Waals surface area (Å²) in [5.74, 6) is 1.72. The molecule has 3 heteroatoms. The molecule has 2 rings (SSSR count). The van der Waals surface area contributed by atoms with E-state index in [1.165, 1.54) is 12.8 Å². The Kier molecular flexibility index (Phi) is 2.84. The molecule has 1 heterocycles. The lowest BCUT2D eigenvalue weighted by molar-refractivity contribution is -0.119. The molecule has 0 unspecified atom stereocenters. The molecule has 84 valence electrons. The summed E-state index contributed by atoms with van der Waals surface area (Å²) in [6, 6.07) is 0. The summed E-state index contributed by atoms with van der Waals surface area (Å²) in [6.45, 7) is 4.58. The minimum atomic E-state index is 0.0395. The summed E-state index contributed by atoms with van der Waals surface area (Å²) in [6.07, 6.45) is 5.30. The van der Waals surface area contributed by atoms with Crippen molar-refractivity contribution in [2.45, 2.75) is 46.0 Å². The van der Waals surface area contributed by atoms with Crippen molar-refractivity contribution in [3.63, 3.8) is 0 Å². The van der Waals surface area contributed by atoms with Crippen molar-refractivity contribution in [3.8, 4) is 0 Å². The van der Waals surface area contributed by atoms with Crippen LogP contribution in [0.3, 0.4) is 0 Å². The molecule has 2 nitrogen and oxygen atoms in total. The van der Waals surface area contributed by atoms with Gasteiger partial charge < -0.3 is 5.32 Å². The first-order valence-corrected chi connectivity index (χ1v) is 6.29. The summed E-state index contributed by atoms with van der Waals surface area (Å²) >= 11 is 5.30. The number of rotatable bonds is 1. The van der Waals surface area contributed by atoms with Gasteiger partial charge >= 0.3 is 0 Å². The molecule has 1 amide bonds. The van der Waals surface area contributed by atoms with Crippen molar-refractivity contribution in [2.75, 3.05) is 0 Å². The second kappa shape index (κ2) is 3.85. The van der Waals surface area contributed by atoms with Gasteiger partial charge in [-0.05, 0) is 37.5 Å². The molecule has 0 aromatic heterocycles. The second-order valence-electron chi connectivity index (χ2n) is 5.42. The molecule has 1 spiro atoms. The van der Waals surface area contributed by atoms with E-state index in [0.29, 0.717) is 6.42 Å². The van der Waals surface area contributed by atoms with Gasteiger partial charge in [0.25, 0.3) is 0 Å². The Morgan fingerprint density at radius 1 is 1.40 bits per heavy atom. The predicted molar refractivity (Wildman–Crippen MR) is 64.6 cm³/mol. The van der Waals surface area contributed by atoms with Gasteiger partial charge in [0.1, 0.15) is 0 Å². The first-order chi connectivity index (χ1) is 7.03. The van der Waals surface area contributed by atoms with Crippen LogP contribution < -0.4 is 5.32 Å². The standard InChI is InChI=1S/C12H19NOS/c1-8(2)9-3-5-12(6-4-9)7-10(14)13-11(12)15/h8-9H,3-7H2,1-2H3,(H,13,14,15). The van der Waals surface area contributed by atoms with Crippen LogP contribution in [0.15, 0.2) is 0 Å². The first-order valence-electron chi connectivity index (χ1n) is 5.88. The Labute approximate surface area is 96.8 Å². The molecule has 1 aliphatic heterocycles. The number of hydrogen-bond donors (Lipinski definition) is 1. The van der Waals surface area contributed by atoms with Crippen LogP contribution in [0.2, 0.25) is 0 Å². The number of thiocarbonyl (C=S) groups is 1. The second-order valence-corrected chi connectivity index (χ2v) is 5.82. The van der Waals surface area contributed by atoms with E-state index in [1.807, 2.05) is 0 Å². The summed E-state index contributed by atoms with van der Waals surface area (Å²) < 4.78 is 0. The molecule has 1 saturated heterocycles. The van der Waals surface area contributed by atoms with Gasteiger partial charge in [0.15, 0.2) is 0 Å². The molecule has 0 atom stereocenters. The van der Waals surface area contributed by atoms with Crippen molar-refractivity contribution in [1.82, 2.24) is 5.32 Å². The average Bonchev–Trinajstić information content (AvgIpc) is 2.42. The van der Waals surface area contributed by atoms with E-state index in [9.17, 15) is 4.79 Å². The van der Waals surface area contributed by atoms with Crippen LogP contribution in [0.4, 0.5) is 0 Å². The third-order valence-corrected chi connectivity index (χ3v) is 4.70. The fraction of sp³-hybridized carbons (Fsp3) is 0.833. The van der Waals surface area contributed by atoms with E-state index in [2.05, 4.69) is 19.2 Å². The van der Waals surface area contributed by atoms with Gasteiger partial charge in [0.2, 0.25) is 5.91 Å². The van der Waals surface area contributed by atoms with Crippen LogP contribution >= 0.6 is 12.2 Å². The molecule has 0 bridgehead atoms. The minimum absolute atomic E-state index is 0.0395. The molecular formula is C12H19NOS. The normalized spacial score (nSPS) is 36.3. The summed E-state index contributed by atoms with van der Waals surface area (Å²) in [5, 5.41) is 2.81. The number of carbonyl (C=O) groups is 1. The van der Waals surface area contributed by atoms with Gasteiger partial charge in [-0.3, -0.25) is 4.79 Å². The van der Waals surface area contributed by atoms with Crippen molar-refractivity contribution in [3.05, 3.63) is 0 Å². The van der Waals surface area contributed by atoms with Gasteiger partial charge in [0, 0.05) is 11.8 Å². The van der Waals surface area contributed by atoms with Crippen LogP contribution in [0.25, 0.3) is 0 Å². The van der Waals surface area contributed by atoms with Gasteiger partial charge in [-0.2, -0.15) is 0 Å². The van der Waals surface area contributed by atoms with Gasteiger partial charge in [-0.1, -0.05) is 26.1 Å².